The highest BCUT2D eigenvalue weighted by Gasteiger charge is 2.27. The van der Waals surface area contributed by atoms with Crippen LogP contribution in [0.4, 0.5) is 0 Å². The van der Waals surface area contributed by atoms with Gasteiger partial charge in [0.25, 0.3) is 0 Å². The van der Waals surface area contributed by atoms with E-state index in [-0.39, 0.29) is 18.6 Å². The van der Waals surface area contributed by atoms with Gasteiger partial charge in [-0.15, -0.1) is 0 Å². The molecule has 94 valence electrons. The van der Waals surface area contributed by atoms with Crippen LogP contribution in [0, 0.1) is 5.92 Å². The van der Waals surface area contributed by atoms with E-state index in [9.17, 15) is 4.79 Å². The minimum atomic E-state index is -0.151. The van der Waals surface area contributed by atoms with Crippen LogP contribution in [0.2, 0.25) is 0 Å². The SMILES string of the molecule is CCOC(=O)C(C)N1CCCC(CCO)C1. The summed E-state index contributed by atoms with van der Waals surface area (Å²) in [4.78, 5) is 13.8. The molecule has 0 spiro atoms. The lowest BCUT2D eigenvalue weighted by molar-refractivity contribution is -0.149. The Labute approximate surface area is 97.6 Å². The molecule has 1 aliphatic heterocycles. The Hall–Kier alpha value is -0.610. The summed E-state index contributed by atoms with van der Waals surface area (Å²) in [6.45, 7) is 6.28. The van der Waals surface area contributed by atoms with Gasteiger partial charge in [0.15, 0.2) is 0 Å². The fourth-order valence-corrected chi connectivity index (χ4v) is 2.28. The van der Waals surface area contributed by atoms with Crippen LogP contribution in [0.25, 0.3) is 0 Å². The van der Waals surface area contributed by atoms with E-state index in [1.807, 2.05) is 13.8 Å². The van der Waals surface area contributed by atoms with Crippen molar-refractivity contribution in [2.24, 2.45) is 5.92 Å². The monoisotopic (exact) mass is 229 g/mol. The summed E-state index contributed by atoms with van der Waals surface area (Å²) in [7, 11) is 0. The molecular weight excluding hydrogens is 206 g/mol. The number of nitrogens with zero attached hydrogens (tertiary/aromatic N) is 1. The number of aliphatic hydroxyl groups excluding tert-OH is 1. The van der Waals surface area contributed by atoms with E-state index in [2.05, 4.69) is 4.90 Å². The number of ether oxygens (including phenoxy) is 1. The summed E-state index contributed by atoms with van der Waals surface area (Å²) in [5.41, 5.74) is 0. The molecule has 4 nitrogen and oxygen atoms in total. The number of likely N-dealkylation sites (tertiary alicyclic amines) is 1. The van der Waals surface area contributed by atoms with Crippen LogP contribution in [0.3, 0.4) is 0 Å². The van der Waals surface area contributed by atoms with Crippen molar-refractivity contribution in [3.8, 4) is 0 Å². The molecule has 4 heteroatoms. The molecule has 0 amide bonds. The van der Waals surface area contributed by atoms with Crippen LogP contribution in [-0.2, 0) is 9.53 Å². The van der Waals surface area contributed by atoms with Gasteiger partial charge in [0.05, 0.1) is 6.61 Å². The lowest BCUT2D eigenvalue weighted by Crippen LogP contribution is -2.45. The van der Waals surface area contributed by atoms with Crippen molar-refractivity contribution in [1.82, 2.24) is 4.90 Å². The van der Waals surface area contributed by atoms with Gasteiger partial charge in [0, 0.05) is 13.2 Å². The van der Waals surface area contributed by atoms with Crippen molar-refractivity contribution in [2.45, 2.75) is 39.2 Å². The van der Waals surface area contributed by atoms with Crippen LogP contribution in [-0.4, -0.2) is 48.3 Å². The Bertz CT molecular complexity index is 218. The Morgan fingerprint density at radius 2 is 2.38 bits per heavy atom. The zero-order chi connectivity index (χ0) is 12.0. The van der Waals surface area contributed by atoms with E-state index in [0.29, 0.717) is 12.5 Å². The predicted octanol–water partition coefficient (Wildman–Crippen LogP) is 1.03. The number of hydrogen-bond acceptors (Lipinski definition) is 4. The third-order valence-electron chi connectivity index (χ3n) is 3.26. The van der Waals surface area contributed by atoms with E-state index >= 15 is 0 Å². The average Bonchev–Trinajstić information content (AvgIpc) is 2.29. The van der Waals surface area contributed by atoms with Gasteiger partial charge in [-0.25, -0.2) is 0 Å². The van der Waals surface area contributed by atoms with E-state index in [0.717, 1.165) is 32.4 Å². The molecule has 0 aromatic carbocycles. The van der Waals surface area contributed by atoms with Crippen LogP contribution >= 0.6 is 0 Å². The Morgan fingerprint density at radius 3 is 3.00 bits per heavy atom. The molecule has 1 heterocycles. The lowest BCUT2D eigenvalue weighted by Gasteiger charge is -2.35. The molecule has 0 radical (unpaired) electrons. The highest BCUT2D eigenvalue weighted by atomic mass is 16.5. The first-order valence-corrected chi connectivity index (χ1v) is 6.20. The van der Waals surface area contributed by atoms with Crippen LogP contribution in [0.15, 0.2) is 0 Å². The Balaban J connectivity index is 2.43. The molecule has 0 aromatic heterocycles. The minimum Gasteiger partial charge on any atom is -0.465 e. The largest absolute Gasteiger partial charge is 0.465 e. The number of aliphatic hydroxyl groups is 1. The van der Waals surface area contributed by atoms with Gasteiger partial charge in [-0.1, -0.05) is 0 Å². The number of esters is 1. The van der Waals surface area contributed by atoms with Crippen molar-refractivity contribution in [2.75, 3.05) is 26.3 Å². The first-order valence-electron chi connectivity index (χ1n) is 6.20. The summed E-state index contributed by atoms with van der Waals surface area (Å²) >= 11 is 0. The second kappa shape index (κ2) is 6.86. The van der Waals surface area contributed by atoms with Crippen molar-refractivity contribution in [3.63, 3.8) is 0 Å². The maximum Gasteiger partial charge on any atom is 0.323 e. The third kappa shape index (κ3) is 3.76. The topological polar surface area (TPSA) is 49.8 Å². The van der Waals surface area contributed by atoms with Gasteiger partial charge in [0.2, 0.25) is 0 Å². The van der Waals surface area contributed by atoms with Gasteiger partial charge in [-0.05, 0) is 45.6 Å². The molecule has 1 aliphatic rings. The Kier molecular flexibility index (Phi) is 5.77. The van der Waals surface area contributed by atoms with Crippen LogP contribution in [0.1, 0.15) is 33.1 Å². The molecule has 1 saturated heterocycles. The Morgan fingerprint density at radius 1 is 1.62 bits per heavy atom. The highest BCUT2D eigenvalue weighted by molar-refractivity contribution is 5.75. The summed E-state index contributed by atoms with van der Waals surface area (Å²) in [6, 6.07) is -0.151. The maximum absolute atomic E-state index is 11.6. The third-order valence-corrected chi connectivity index (χ3v) is 3.26. The molecule has 1 rings (SSSR count). The number of piperidine rings is 1. The molecule has 2 unspecified atom stereocenters. The number of rotatable bonds is 5. The summed E-state index contributed by atoms with van der Waals surface area (Å²) < 4.78 is 5.02. The smallest absolute Gasteiger partial charge is 0.323 e. The van der Waals surface area contributed by atoms with Gasteiger partial charge in [-0.2, -0.15) is 0 Å². The molecule has 16 heavy (non-hydrogen) atoms. The fourth-order valence-electron chi connectivity index (χ4n) is 2.28. The first-order chi connectivity index (χ1) is 7.69. The summed E-state index contributed by atoms with van der Waals surface area (Å²) in [5, 5.41) is 8.93. The van der Waals surface area contributed by atoms with Gasteiger partial charge < -0.3 is 9.84 Å². The molecule has 1 fully saturated rings. The van der Waals surface area contributed by atoms with E-state index in [1.54, 1.807) is 0 Å². The molecule has 1 N–H and O–H groups in total. The molecule has 0 bridgehead atoms. The molecule has 0 aliphatic carbocycles. The van der Waals surface area contributed by atoms with Crippen LogP contribution < -0.4 is 0 Å². The van der Waals surface area contributed by atoms with Gasteiger partial charge in [-0.3, -0.25) is 9.69 Å². The van der Waals surface area contributed by atoms with Gasteiger partial charge in [0.1, 0.15) is 6.04 Å². The normalized spacial score (nSPS) is 24.1. The predicted molar refractivity (Wildman–Crippen MR) is 62.1 cm³/mol. The van der Waals surface area contributed by atoms with Crippen LogP contribution in [0.5, 0.6) is 0 Å². The second-order valence-electron chi connectivity index (χ2n) is 4.44. The van der Waals surface area contributed by atoms with Crippen molar-refractivity contribution in [3.05, 3.63) is 0 Å². The second-order valence-corrected chi connectivity index (χ2v) is 4.44. The summed E-state index contributed by atoms with van der Waals surface area (Å²) in [6.07, 6.45) is 3.10. The molecule has 2 atom stereocenters. The van der Waals surface area contributed by atoms with Gasteiger partial charge >= 0.3 is 5.97 Å². The number of hydrogen-bond donors (Lipinski definition) is 1. The average molecular weight is 229 g/mol. The maximum atomic E-state index is 11.6. The first kappa shape index (κ1) is 13.5. The quantitative estimate of drug-likeness (QED) is 0.715. The number of carbonyl (C=O) groups excluding carboxylic acids is 1. The van der Waals surface area contributed by atoms with Crippen molar-refractivity contribution >= 4 is 5.97 Å². The highest BCUT2D eigenvalue weighted by Crippen LogP contribution is 2.21. The zero-order valence-corrected chi connectivity index (χ0v) is 10.3. The molecular formula is C12H23NO3. The summed E-state index contributed by atoms with van der Waals surface area (Å²) in [5.74, 6) is 0.391. The lowest BCUT2D eigenvalue weighted by atomic mass is 9.94. The van der Waals surface area contributed by atoms with Crippen molar-refractivity contribution < 1.29 is 14.6 Å². The van der Waals surface area contributed by atoms with E-state index < -0.39 is 0 Å². The minimum absolute atomic E-state index is 0.132. The van der Waals surface area contributed by atoms with E-state index in [4.69, 9.17) is 9.84 Å². The molecule has 0 saturated carbocycles. The zero-order valence-electron chi connectivity index (χ0n) is 10.3. The van der Waals surface area contributed by atoms with Crippen molar-refractivity contribution in [1.29, 1.82) is 0 Å². The fraction of sp³-hybridized carbons (Fsp3) is 0.917. The van der Waals surface area contributed by atoms with E-state index in [1.165, 1.54) is 0 Å². The standard InChI is InChI=1S/C12H23NO3/c1-3-16-12(15)10(2)13-7-4-5-11(9-13)6-8-14/h10-11,14H,3-9H2,1-2H3. The molecule has 0 aromatic rings. The number of carbonyl (C=O) groups is 1.